The van der Waals surface area contributed by atoms with Gasteiger partial charge in [-0.15, -0.1) is 0 Å². The number of benzene rings is 3. The van der Waals surface area contributed by atoms with Crippen molar-refractivity contribution in [3.05, 3.63) is 95.3 Å². The lowest BCUT2D eigenvalue weighted by Gasteiger charge is -2.38. The van der Waals surface area contributed by atoms with Crippen molar-refractivity contribution in [2.75, 3.05) is 4.90 Å². The molecule has 0 aliphatic carbocycles. The van der Waals surface area contributed by atoms with Crippen molar-refractivity contribution in [3.8, 4) is 0 Å². The van der Waals surface area contributed by atoms with Gasteiger partial charge in [-0.2, -0.15) is 13.2 Å². The Kier molecular flexibility index (Phi) is 5.43. The largest absolute Gasteiger partial charge is 0.416 e. The molecule has 31 heavy (non-hydrogen) atoms. The first-order chi connectivity index (χ1) is 14.7. The third-order valence-electron chi connectivity index (χ3n) is 5.48. The second-order valence-corrected chi connectivity index (χ2v) is 7.59. The maximum absolute atomic E-state index is 13.6. The van der Waals surface area contributed by atoms with Crippen LogP contribution < -0.4 is 4.90 Å². The summed E-state index contributed by atoms with van der Waals surface area (Å²) in [5, 5.41) is 0. The van der Waals surface area contributed by atoms with Gasteiger partial charge in [0.05, 0.1) is 16.9 Å². The number of halogens is 4. The van der Waals surface area contributed by atoms with Gasteiger partial charge in [-0.3, -0.25) is 4.90 Å². The number of anilines is 2. The molecule has 0 fully saturated rings. The number of carbonyl (C=O) groups is 1. The highest BCUT2D eigenvalue weighted by atomic mass is 19.4. The number of hydrogen-bond donors (Lipinski definition) is 0. The average Bonchev–Trinajstić information content (AvgIpc) is 2.74. The number of hydrogen-bond acceptors (Lipinski definition) is 1. The summed E-state index contributed by atoms with van der Waals surface area (Å²) in [6.45, 7) is 2.32. The Morgan fingerprint density at radius 3 is 2.03 bits per heavy atom. The fourth-order valence-electron chi connectivity index (χ4n) is 3.82. The van der Waals surface area contributed by atoms with Crippen LogP contribution in [0.25, 0.3) is 0 Å². The second-order valence-electron chi connectivity index (χ2n) is 7.59. The summed E-state index contributed by atoms with van der Waals surface area (Å²) in [5.41, 5.74) is 2.04. The van der Waals surface area contributed by atoms with Gasteiger partial charge in [0.15, 0.2) is 0 Å². The maximum Gasteiger partial charge on any atom is 0.416 e. The molecule has 3 aromatic rings. The molecule has 3 aromatic carbocycles. The molecule has 3 nitrogen and oxygen atoms in total. The minimum atomic E-state index is -4.48. The summed E-state index contributed by atoms with van der Waals surface area (Å²) in [5.74, 6) is -0.469. The zero-order valence-corrected chi connectivity index (χ0v) is 16.7. The molecule has 1 atom stereocenters. The van der Waals surface area contributed by atoms with Gasteiger partial charge in [-0.05, 0) is 73.0 Å². The molecule has 0 saturated heterocycles. The zero-order valence-electron chi connectivity index (χ0n) is 16.7. The lowest BCUT2D eigenvalue weighted by Crippen LogP contribution is -2.48. The topological polar surface area (TPSA) is 23.6 Å². The first kappa shape index (κ1) is 20.9. The Hall–Kier alpha value is -3.35. The van der Waals surface area contributed by atoms with Crippen LogP contribution in [0.15, 0.2) is 72.8 Å². The van der Waals surface area contributed by atoms with E-state index in [4.69, 9.17) is 0 Å². The molecule has 0 N–H and O–H groups in total. The summed E-state index contributed by atoms with van der Waals surface area (Å²) < 4.78 is 52.5. The Morgan fingerprint density at radius 1 is 0.903 bits per heavy atom. The second kappa shape index (κ2) is 8.06. The quantitative estimate of drug-likeness (QED) is 0.425. The third kappa shape index (κ3) is 4.26. The van der Waals surface area contributed by atoms with E-state index in [0.29, 0.717) is 18.7 Å². The van der Waals surface area contributed by atoms with Crippen LogP contribution in [0, 0.1) is 5.82 Å². The standard InChI is InChI=1S/C24H20F4N2O/c1-16-14-17-4-2-3-5-18(17)15-29(16)23(31)30(22-12-8-20(25)9-13-22)21-10-6-19(7-11-21)24(26,27)28/h2-13,16H,14-15H2,1H3. The molecule has 1 heterocycles. The molecule has 4 rings (SSSR count). The Bertz CT molecular complexity index is 1080. The predicted octanol–water partition coefficient (Wildman–Crippen LogP) is 6.55. The first-order valence-corrected chi connectivity index (χ1v) is 9.84. The Balaban J connectivity index is 1.72. The van der Waals surface area contributed by atoms with Crippen molar-refractivity contribution in [1.82, 2.24) is 4.90 Å². The molecular weight excluding hydrogens is 408 g/mol. The van der Waals surface area contributed by atoms with Gasteiger partial charge in [-0.1, -0.05) is 24.3 Å². The first-order valence-electron chi connectivity index (χ1n) is 9.84. The highest BCUT2D eigenvalue weighted by Crippen LogP contribution is 2.34. The van der Waals surface area contributed by atoms with Crippen LogP contribution in [0.3, 0.4) is 0 Å². The molecule has 1 aliphatic heterocycles. The smallest absolute Gasteiger partial charge is 0.317 e. The van der Waals surface area contributed by atoms with E-state index in [1.807, 2.05) is 31.2 Å². The summed E-state index contributed by atoms with van der Waals surface area (Å²) in [4.78, 5) is 16.6. The van der Waals surface area contributed by atoms with E-state index in [-0.39, 0.29) is 17.8 Å². The van der Waals surface area contributed by atoms with Crippen molar-refractivity contribution in [2.24, 2.45) is 0 Å². The van der Waals surface area contributed by atoms with E-state index in [9.17, 15) is 22.4 Å². The highest BCUT2D eigenvalue weighted by molar-refractivity contribution is 5.99. The number of carbonyl (C=O) groups excluding carboxylic acids is 1. The summed E-state index contributed by atoms with van der Waals surface area (Å²) in [6, 6.07) is 17.1. The molecule has 1 aliphatic rings. The highest BCUT2D eigenvalue weighted by Gasteiger charge is 2.33. The van der Waals surface area contributed by atoms with Crippen LogP contribution >= 0.6 is 0 Å². The van der Waals surface area contributed by atoms with E-state index >= 15 is 0 Å². The fourth-order valence-corrected chi connectivity index (χ4v) is 3.82. The molecule has 160 valence electrons. The molecular formula is C24H20F4N2O. The van der Waals surface area contributed by atoms with Crippen molar-refractivity contribution in [3.63, 3.8) is 0 Å². The molecule has 1 unspecified atom stereocenters. The van der Waals surface area contributed by atoms with E-state index in [1.165, 1.54) is 46.9 Å². The lowest BCUT2D eigenvalue weighted by molar-refractivity contribution is -0.137. The Labute approximate surface area is 177 Å². The van der Waals surface area contributed by atoms with E-state index in [0.717, 1.165) is 17.7 Å². The van der Waals surface area contributed by atoms with E-state index < -0.39 is 17.6 Å². The fraction of sp³-hybridized carbons (Fsp3) is 0.208. The lowest BCUT2D eigenvalue weighted by atomic mass is 9.95. The maximum atomic E-state index is 13.6. The van der Waals surface area contributed by atoms with Crippen LogP contribution in [-0.4, -0.2) is 17.0 Å². The minimum absolute atomic E-state index is 0.111. The van der Waals surface area contributed by atoms with Crippen molar-refractivity contribution < 1.29 is 22.4 Å². The molecule has 0 radical (unpaired) electrons. The molecule has 7 heteroatoms. The molecule has 0 spiro atoms. The van der Waals surface area contributed by atoms with Crippen molar-refractivity contribution in [2.45, 2.75) is 32.1 Å². The van der Waals surface area contributed by atoms with E-state index in [2.05, 4.69) is 0 Å². The van der Waals surface area contributed by atoms with Crippen LogP contribution in [-0.2, 0) is 19.1 Å². The molecule has 0 aromatic heterocycles. The average molecular weight is 428 g/mol. The monoisotopic (exact) mass is 428 g/mol. The number of rotatable bonds is 2. The van der Waals surface area contributed by atoms with Crippen LogP contribution in [0.1, 0.15) is 23.6 Å². The molecule has 0 bridgehead atoms. The van der Waals surface area contributed by atoms with E-state index in [1.54, 1.807) is 4.90 Å². The van der Waals surface area contributed by atoms with Gasteiger partial charge < -0.3 is 4.90 Å². The van der Waals surface area contributed by atoms with Gasteiger partial charge in [0.25, 0.3) is 0 Å². The summed E-state index contributed by atoms with van der Waals surface area (Å²) in [6.07, 6.45) is -3.81. The molecule has 2 amide bonds. The number of nitrogens with zero attached hydrogens (tertiary/aromatic N) is 2. The van der Waals surface area contributed by atoms with Gasteiger partial charge in [0.1, 0.15) is 5.82 Å². The predicted molar refractivity (Wildman–Crippen MR) is 111 cm³/mol. The van der Waals surface area contributed by atoms with Gasteiger partial charge in [-0.25, -0.2) is 9.18 Å². The number of alkyl halides is 3. The van der Waals surface area contributed by atoms with Gasteiger partial charge >= 0.3 is 12.2 Å². The Morgan fingerprint density at radius 2 is 1.45 bits per heavy atom. The summed E-state index contributed by atoms with van der Waals surface area (Å²) >= 11 is 0. The zero-order chi connectivity index (χ0) is 22.2. The third-order valence-corrected chi connectivity index (χ3v) is 5.48. The SMILES string of the molecule is CC1Cc2ccccc2CN1C(=O)N(c1ccc(F)cc1)c1ccc(C(F)(F)F)cc1. The van der Waals surface area contributed by atoms with Crippen molar-refractivity contribution in [1.29, 1.82) is 0 Å². The normalized spacial score (nSPS) is 16.0. The van der Waals surface area contributed by atoms with Crippen LogP contribution in [0.4, 0.5) is 33.7 Å². The number of fused-ring (bicyclic) bond motifs is 1. The molecule has 0 saturated carbocycles. The van der Waals surface area contributed by atoms with Crippen molar-refractivity contribution >= 4 is 17.4 Å². The summed E-state index contributed by atoms with van der Waals surface area (Å²) in [7, 11) is 0. The minimum Gasteiger partial charge on any atom is -0.317 e. The van der Waals surface area contributed by atoms with Crippen LogP contribution in [0.2, 0.25) is 0 Å². The van der Waals surface area contributed by atoms with Crippen LogP contribution in [0.5, 0.6) is 0 Å². The number of amides is 2. The van der Waals surface area contributed by atoms with Gasteiger partial charge in [0, 0.05) is 12.6 Å². The van der Waals surface area contributed by atoms with Gasteiger partial charge in [0.2, 0.25) is 0 Å². The number of urea groups is 1.